The van der Waals surface area contributed by atoms with Crippen LogP contribution in [-0.2, 0) is 14.2 Å². The van der Waals surface area contributed by atoms with Gasteiger partial charge in [0.25, 0.3) is 0 Å². The molecule has 0 rings (SSSR count). The SMILES string of the molecule is COCCC(N)OCOC. The van der Waals surface area contributed by atoms with Crippen molar-refractivity contribution in [1.29, 1.82) is 0 Å². The van der Waals surface area contributed by atoms with E-state index in [1.807, 2.05) is 0 Å². The Kier molecular flexibility index (Phi) is 6.84. The van der Waals surface area contributed by atoms with Crippen molar-refractivity contribution in [2.24, 2.45) is 5.73 Å². The zero-order valence-corrected chi connectivity index (χ0v) is 6.50. The molecule has 10 heavy (non-hydrogen) atoms. The van der Waals surface area contributed by atoms with Crippen molar-refractivity contribution in [1.82, 2.24) is 0 Å². The zero-order valence-electron chi connectivity index (χ0n) is 6.50. The molecule has 62 valence electrons. The third-order valence-corrected chi connectivity index (χ3v) is 1.01. The summed E-state index contributed by atoms with van der Waals surface area (Å²) in [5.74, 6) is 0. The van der Waals surface area contributed by atoms with Crippen LogP contribution >= 0.6 is 0 Å². The Morgan fingerprint density at radius 2 is 2.00 bits per heavy atom. The summed E-state index contributed by atoms with van der Waals surface area (Å²) in [7, 11) is 3.19. The molecule has 0 saturated heterocycles. The fraction of sp³-hybridized carbons (Fsp3) is 1.00. The number of nitrogens with two attached hydrogens (primary N) is 1. The zero-order chi connectivity index (χ0) is 7.82. The second kappa shape index (κ2) is 6.95. The lowest BCUT2D eigenvalue weighted by molar-refractivity contribution is -0.0763. The van der Waals surface area contributed by atoms with Crippen molar-refractivity contribution in [3.8, 4) is 0 Å². The molecule has 1 atom stereocenters. The van der Waals surface area contributed by atoms with Crippen LogP contribution in [0.25, 0.3) is 0 Å². The Morgan fingerprint density at radius 3 is 2.50 bits per heavy atom. The van der Waals surface area contributed by atoms with Crippen molar-refractivity contribution < 1.29 is 14.2 Å². The minimum Gasteiger partial charge on any atom is -0.385 e. The van der Waals surface area contributed by atoms with Crippen LogP contribution in [0.4, 0.5) is 0 Å². The first-order valence-electron chi connectivity index (χ1n) is 3.16. The Hall–Kier alpha value is -0.160. The van der Waals surface area contributed by atoms with Crippen LogP contribution < -0.4 is 5.73 Å². The number of methoxy groups -OCH3 is 2. The summed E-state index contributed by atoms with van der Waals surface area (Å²) in [6.45, 7) is 0.857. The topological polar surface area (TPSA) is 53.7 Å². The molecule has 0 bridgehead atoms. The van der Waals surface area contributed by atoms with E-state index in [9.17, 15) is 0 Å². The first kappa shape index (κ1) is 9.84. The lowest BCUT2D eigenvalue weighted by Gasteiger charge is -2.10. The highest BCUT2D eigenvalue weighted by molar-refractivity contribution is 4.44. The molecule has 2 N–H and O–H groups in total. The minimum absolute atomic E-state index is 0.241. The molecule has 1 unspecified atom stereocenters. The van der Waals surface area contributed by atoms with Crippen molar-refractivity contribution in [3.63, 3.8) is 0 Å². The third kappa shape index (κ3) is 5.97. The summed E-state index contributed by atoms with van der Waals surface area (Å²) in [6, 6.07) is 0. The molecule has 0 heterocycles. The third-order valence-electron chi connectivity index (χ3n) is 1.01. The van der Waals surface area contributed by atoms with Crippen LogP contribution in [0.5, 0.6) is 0 Å². The molecular formula is C6H15NO3. The molecule has 4 heteroatoms. The predicted octanol–water partition coefficient (Wildman–Crippen LogP) is -0.0718. The Balaban J connectivity index is 3.00. The van der Waals surface area contributed by atoms with Crippen LogP contribution in [0.1, 0.15) is 6.42 Å². The van der Waals surface area contributed by atoms with Crippen LogP contribution in [0.2, 0.25) is 0 Å². The van der Waals surface area contributed by atoms with Gasteiger partial charge in [-0.3, -0.25) is 0 Å². The normalized spacial score (nSPS) is 13.5. The lowest BCUT2D eigenvalue weighted by atomic mass is 10.4. The molecule has 0 fully saturated rings. The molecule has 4 nitrogen and oxygen atoms in total. The van der Waals surface area contributed by atoms with Crippen molar-refractivity contribution in [2.75, 3.05) is 27.6 Å². The fourth-order valence-electron chi connectivity index (χ4n) is 0.473. The van der Waals surface area contributed by atoms with Gasteiger partial charge in [-0.15, -0.1) is 0 Å². The van der Waals surface area contributed by atoms with E-state index in [4.69, 9.17) is 15.2 Å². The molecule has 0 amide bonds. The van der Waals surface area contributed by atoms with E-state index in [0.29, 0.717) is 13.0 Å². The van der Waals surface area contributed by atoms with E-state index < -0.39 is 0 Å². The quantitative estimate of drug-likeness (QED) is 0.537. The first-order chi connectivity index (χ1) is 4.81. The maximum absolute atomic E-state index is 5.46. The van der Waals surface area contributed by atoms with Crippen molar-refractivity contribution >= 4 is 0 Å². The number of rotatable bonds is 6. The molecule has 0 spiro atoms. The molecule has 0 aliphatic rings. The van der Waals surface area contributed by atoms with Crippen LogP contribution in [-0.4, -0.2) is 33.8 Å². The van der Waals surface area contributed by atoms with Gasteiger partial charge in [0.1, 0.15) is 13.0 Å². The summed E-state index contributed by atoms with van der Waals surface area (Å²) < 4.78 is 14.4. The fourth-order valence-corrected chi connectivity index (χ4v) is 0.473. The Bertz CT molecular complexity index is 62.0. The largest absolute Gasteiger partial charge is 0.385 e. The lowest BCUT2D eigenvalue weighted by Crippen LogP contribution is -2.26. The van der Waals surface area contributed by atoms with E-state index in [0.717, 1.165) is 0 Å². The van der Waals surface area contributed by atoms with Crippen LogP contribution in [0.15, 0.2) is 0 Å². The Labute approximate surface area is 61.2 Å². The summed E-state index contributed by atoms with van der Waals surface area (Å²) in [5, 5.41) is 0. The van der Waals surface area contributed by atoms with Gasteiger partial charge in [0.05, 0.1) is 0 Å². The van der Waals surface area contributed by atoms with Gasteiger partial charge < -0.3 is 19.9 Å². The average Bonchev–Trinajstić information content (AvgIpc) is 1.97. The highest BCUT2D eigenvalue weighted by atomic mass is 16.7. The molecule has 0 saturated carbocycles. The maximum Gasteiger partial charge on any atom is 0.148 e. The molecule has 0 aromatic carbocycles. The maximum atomic E-state index is 5.46. The van der Waals surface area contributed by atoms with E-state index in [1.54, 1.807) is 14.2 Å². The standard InChI is InChI=1S/C6H15NO3/c1-8-4-3-6(7)10-5-9-2/h6H,3-5,7H2,1-2H3. The summed E-state index contributed by atoms with van der Waals surface area (Å²) in [6.07, 6.45) is 0.416. The smallest absolute Gasteiger partial charge is 0.148 e. The van der Waals surface area contributed by atoms with E-state index >= 15 is 0 Å². The number of hydrogen-bond donors (Lipinski definition) is 1. The van der Waals surface area contributed by atoms with Gasteiger partial charge in [-0.25, -0.2) is 0 Å². The summed E-state index contributed by atoms with van der Waals surface area (Å²) in [5.41, 5.74) is 5.46. The summed E-state index contributed by atoms with van der Waals surface area (Å²) in [4.78, 5) is 0. The van der Waals surface area contributed by atoms with Gasteiger partial charge in [-0.2, -0.15) is 0 Å². The second-order valence-corrected chi connectivity index (χ2v) is 1.89. The van der Waals surface area contributed by atoms with Gasteiger partial charge in [-0.1, -0.05) is 0 Å². The molecular weight excluding hydrogens is 134 g/mol. The molecule has 0 aromatic rings. The molecule has 0 aliphatic heterocycles. The van der Waals surface area contributed by atoms with Gasteiger partial charge >= 0.3 is 0 Å². The molecule has 0 aromatic heterocycles. The Morgan fingerprint density at radius 1 is 1.30 bits per heavy atom. The first-order valence-corrected chi connectivity index (χ1v) is 3.16. The van der Waals surface area contributed by atoms with Gasteiger partial charge in [-0.05, 0) is 0 Å². The monoisotopic (exact) mass is 149 g/mol. The van der Waals surface area contributed by atoms with Gasteiger partial charge in [0.2, 0.25) is 0 Å². The van der Waals surface area contributed by atoms with Crippen molar-refractivity contribution in [2.45, 2.75) is 12.6 Å². The average molecular weight is 149 g/mol. The van der Waals surface area contributed by atoms with E-state index in [1.165, 1.54) is 0 Å². The van der Waals surface area contributed by atoms with E-state index in [2.05, 4.69) is 4.74 Å². The van der Waals surface area contributed by atoms with E-state index in [-0.39, 0.29) is 13.0 Å². The minimum atomic E-state index is -0.278. The van der Waals surface area contributed by atoms with Crippen LogP contribution in [0, 0.1) is 0 Å². The molecule has 0 aliphatic carbocycles. The predicted molar refractivity (Wildman–Crippen MR) is 37.4 cm³/mol. The summed E-state index contributed by atoms with van der Waals surface area (Å²) >= 11 is 0. The van der Waals surface area contributed by atoms with Gasteiger partial charge in [0.15, 0.2) is 0 Å². The highest BCUT2D eigenvalue weighted by Gasteiger charge is 1.99. The molecule has 0 radical (unpaired) electrons. The number of ether oxygens (including phenoxy) is 3. The van der Waals surface area contributed by atoms with Gasteiger partial charge in [0, 0.05) is 27.2 Å². The number of hydrogen-bond acceptors (Lipinski definition) is 4. The second-order valence-electron chi connectivity index (χ2n) is 1.89. The van der Waals surface area contributed by atoms with Crippen LogP contribution in [0.3, 0.4) is 0 Å². The van der Waals surface area contributed by atoms with Crippen molar-refractivity contribution in [3.05, 3.63) is 0 Å². The highest BCUT2D eigenvalue weighted by Crippen LogP contribution is 1.90.